The van der Waals surface area contributed by atoms with Crippen LogP contribution in [-0.4, -0.2) is 77.9 Å². The molecule has 2 aromatic rings. The summed E-state index contributed by atoms with van der Waals surface area (Å²) in [6.45, 7) is 11.1. The highest BCUT2D eigenvalue weighted by Crippen LogP contribution is 2.25. The molecular formula is C30H43N7O3. The number of likely N-dealkylation sites (N-methyl/N-ethyl adjacent to an activating group) is 1. The second kappa shape index (κ2) is 11.9. The SMILES string of the molecule is CC(C)[C@H]1C(=O)N[C@@H](C)C(=O)N2CCC[C@H](N2)C(=O)NN(C)c2ccc3ccc(cc3n2)/C=C/C(C)(C)CN1C. The lowest BCUT2D eigenvalue weighted by Gasteiger charge is -2.37. The van der Waals surface area contributed by atoms with Gasteiger partial charge < -0.3 is 5.32 Å². The normalized spacial score (nSPS) is 26.1. The smallest absolute Gasteiger partial charge is 0.258 e. The van der Waals surface area contributed by atoms with Crippen LogP contribution in [0, 0.1) is 11.3 Å². The van der Waals surface area contributed by atoms with Crippen molar-refractivity contribution in [2.24, 2.45) is 11.3 Å². The van der Waals surface area contributed by atoms with Gasteiger partial charge in [0.15, 0.2) is 0 Å². The molecule has 1 saturated heterocycles. The second-order valence-electron chi connectivity index (χ2n) is 12.1. The van der Waals surface area contributed by atoms with E-state index in [1.54, 1.807) is 19.0 Å². The first kappa shape index (κ1) is 29.5. The quantitative estimate of drug-likeness (QED) is 0.502. The average Bonchev–Trinajstić information content (AvgIpc) is 2.90. The molecule has 2 aliphatic rings. The number of hydrogen-bond donors (Lipinski definition) is 3. The van der Waals surface area contributed by atoms with Crippen LogP contribution in [-0.2, 0) is 14.4 Å². The summed E-state index contributed by atoms with van der Waals surface area (Å²) in [5, 5.41) is 6.99. The van der Waals surface area contributed by atoms with Gasteiger partial charge in [0.1, 0.15) is 17.9 Å². The Hall–Kier alpha value is -3.50. The Morgan fingerprint density at radius 2 is 1.77 bits per heavy atom. The molecule has 216 valence electrons. The highest BCUT2D eigenvalue weighted by Gasteiger charge is 2.34. The molecule has 3 heterocycles. The summed E-state index contributed by atoms with van der Waals surface area (Å²) >= 11 is 0. The van der Waals surface area contributed by atoms with Gasteiger partial charge in [-0.15, -0.1) is 0 Å². The number of carbonyl (C=O) groups is 3. The van der Waals surface area contributed by atoms with E-state index in [1.807, 2.05) is 45.2 Å². The number of anilines is 1. The number of benzene rings is 1. The molecule has 0 saturated carbocycles. The number of pyridine rings is 1. The average molecular weight is 550 g/mol. The van der Waals surface area contributed by atoms with E-state index in [0.717, 1.165) is 16.5 Å². The first-order chi connectivity index (χ1) is 18.8. The zero-order valence-corrected chi connectivity index (χ0v) is 24.7. The monoisotopic (exact) mass is 549 g/mol. The number of fused-ring (bicyclic) bond motifs is 4. The van der Waals surface area contributed by atoms with Gasteiger partial charge in [-0.05, 0) is 61.9 Å². The van der Waals surface area contributed by atoms with Gasteiger partial charge in [0.2, 0.25) is 5.91 Å². The van der Waals surface area contributed by atoms with E-state index < -0.39 is 18.1 Å². The Labute approximate surface area is 237 Å². The molecule has 1 fully saturated rings. The lowest BCUT2D eigenvalue weighted by atomic mass is 9.89. The molecule has 0 unspecified atom stereocenters. The number of hydrogen-bond acceptors (Lipinski definition) is 7. The van der Waals surface area contributed by atoms with Gasteiger partial charge >= 0.3 is 0 Å². The molecule has 1 aromatic heterocycles. The Bertz CT molecular complexity index is 1290. The first-order valence-corrected chi connectivity index (χ1v) is 14.1. The minimum absolute atomic E-state index is 0.0348. The zero-order chi connectivity index (χ0) is 29.2. The maximum Gasteiger partial charge on any atom is 0.258 e. The van der Waals surface area contributed by atoms with Gasteiger partial charge in [-0.2, -0.15) is 0 Å². The van der Waals surface area contributed by atoms with E-state index in [2.05, 4.69) is 53.1 Å². The van der Waals surface area contributed by atoms with Gasteiger partial charge in [0, 0.05) is 25.5 Å². The fraction of sp³-hybridized carbons (Fsp3) is 0.533. The maximum atomic E-state index is 13.4. The van der Waals surface area contributed by atoms with Crippen molar-refractivity contribution in [2.45, 2.75) is 65.6 Å². The van der Waals surface area contributed by atoms with E-state index in [-0.39, 0.29) is 29.1 Å². The molecule has 3 N–H and O–H groups in total. The van der Waals surface area contributed by atoms with E-state index >= 15 is 0 Å². The number of hydrazine groups is 2. The zero-order valence-electron chi connectivity index (χ0n) is 24.7. The number of amides is 3. The number of aromatic nitrogens is 1. The third-order valence-electron chi connectivity index (χ3n) is 7.58. The topological polar surface area (TPSA) is 110 Å². The van der Waals surface area contributed by atoms with Crippen molar-refractivity contribution in [3.05, 3.63) is 42.0 Å². The van der Waals surface area contributed by atoms with Crippen LogP contribution < -0.4 is 21.2 Å². The van der Waals surface area contributed by atoms with Gasteiger partial charge in [-0.3, -0.25) is 34.7 Å². The minimum Gasteiger partial charge on any atom is -0.343 e. The Balaban J connectivity index is 1.70. The van der Waals surface area contributed by atoms with Crippen LogP contribution >= 0.6 is 0 Å². The van der Waals surface area contributed by atoms with Gasteiger partial charge in [-0.1, -0.05) is 52.0 Å². The largest absolute Gasteiger partial charge is 0.343 e. The summed E-state index contributed by atoms with van der Waals surface area (Å²) in [6.07, 6.45) is 5.49. The third kappa shape index (κ3) is 6.79. The maximum absolute atomic E-state index is 13.4. The Kier molecular flexibility index (Phi) is 8.80. The summed E-state index contributed by atoms with van der Waals surface area (Å²) in [5.41, 5.74) is 7.57. The lowest BCUT2D eigenvalue weighted by Crippen LogP contribution is -2.62. The molecule has 3 amide bonds. The van der Waals surface area contributed by atoms with Crippen LogP contribution in [0.3, 0.4) is 0 Å². The Morgan fingerprint density at radius 3 is 2.50 bits per heavy atom. The molecule has 40 heavy (non-hydrogen) atoms. The lowest BCUT2D eigenvalue weighted by molar-refractivity contribution is -0.143. The van der Waals surface area contributed by atoms with Crippen molar-refractivity contribution in [3.8, 4) is 0 Å². The molecule has 10 heteroatoms. The summed E-state index contributed by atoms with van der Waals surface area (Å²) in [7, 11) is 3.70. The molecular weight excluding hydrogens is 506 g/mol. The molecule has 0 aliphatic carbocycles. The van der Waals surface area contributed by atoms with Gasteiger partial charge in [0.25, 0.3) is 11.8 Å². The van der Waals surface area contributed by atoms with Gasteiger partial charge in [0.05, 0.1) is 11.6 Å². The van der Waals surface area contributed by atoms with E-state index in [9.17, 15) is 14.4 Å². The van der Waals surface area contributed by atoms with Gasteiger partial charge in [-0.25, -0.2) is 10.4 Å². The minimum atomic E-state index is -0.747. The van der Waals surface area contributed by atoms with Crippen molar-refractivity contribution in [1.29, 1.82) is 0 Å². The molecule has 4 rings (SSSR count). The third-order valence-corrected chi connectivity index (χ3v) is 7.58. The molecule has 3 atom stereocenters. The predicted octanol–water partition coefficient (Wildman–Crippen LogP) is 2.71. The predicted molar refractivity (Wildman–Crippen MR) is 158 cm³/mol. The number of nitrogens with one attached hydrogen (secondary N) is 3. The van der Waals surface area contributed by atoms with Crippen molar-refractivity contribution >= 4 is 40.5 Å². The van der Waals surface area contributed by atoms with Crippen LogP contribution in [0.5, 0.6) is 0 Å². The van der Waals surface area contributed by atoms with Crippen molar-refractivity contribution in [3.63, 3.8) is 0 Å². The van der Waals surface area contributed by atoms with Crippen LogP contribution in [0.2, 0.25) is 0 Å². The van der Waals surface area contributed by atoms with Crippen LogP contribution in [0.15, 0.2) is 36.4 Å². The van der Waals surface area contributed by atoms with Crippen LogP contribution in [0.4, 0.5) is 5.82 Å². The van der Waals surface area contributed by atoms with Crippen LogP contribution in [0.25, 0.3) is 17.0 Å². The molecule has 5 bridgehead atoms. The van der Waals surface area contributed by atoms with E-state index in [4.69, 9.17) is 4.98 Å². The molecule has 2 aliphatic heterocycles. The molecule has 1 aromatic carbocycles. The number of rotatable bonds is 1. The van der Waals surface area contributed by atoms with E-state index in [0.29, 0.717) is 31.7 Å². The molecule has 10 nitrogen and oxygen atoms in total. The standard InChI is InChI=1S/C30H43N7O3/c1-19(2)26-28(39)31-20(3)29(40)37-16-8-9-23(33-37)27(38)34-36(7)25-13-12-22-11-10-21(17-24(22)32-25)14-15-30(4,5)18-35(26)6/h10-15,17,19-20,23,26,33H,8-9,16,18H2,1-7H3,(H,31,39)(H,34,38)/b15-14+/t20-,23-,26-/m0/s1. The fourth-order valence-corrected chi connectivity index (χ4v) is 5.57. The summed E-state index contributed by atoms with van der Waals surface area (Å²) in [4.78, 5) is 46.7. The van der Waals surface area contributed by atoms with E-state index in [1.165, 1.54) is 5.01 Å². The second-order valence-corrected chi connectivity index (χ2v) is 12.1. The van der Waals surface area contributed by atoms with Crippen LogP contribution in [0.1, 0.15) is 53.0 Å². The molecule has 0 spiro atoms. The fourth-order valence-electron chi connectivity index (χ4n) is 5.57. The van der Waals surface area contributed by atoms with Crippen molar-refractivity contribution < 1.29 is 14.4 Å². The Morgan fingerprint density at radius 1 is 1.05 bits per heavy atom. The summed E-state index contributed by atoms with van der Waals surface area (Å²) in [5.74, 6) is -0.0789. The summed E-state index contributed by atoms with van der Waals surface area (Å²) in [6, 6.07) is 8.23. The number of carbonyl (C=O) groups excluding carboxylic acids is 3. The molecule has 0 radical (unpaired) electrons. The number of nitrogens with zero attached hydrogens (tertiary/aromatic N) is 4. The first-order valence-electron chi connectivity index (χ1n) is 14.1. The highest BCUT2D eigenvalue weighted by molar-refractivity contribution is 5.90. The van der Waals surface area contributed by atoms with Crippen molar-refractivity contribution in [1.82, 2.24) is 31.1 Å². The van der Waals surface area contributed by atoms with Crippen molar-refractivity contribution in [2.75, 3.05) is 32.2 Å². The highest BCUT2D eigenvalue weighted by atomic mass is 16.2. The summed E-state index contributed by atoms with van der Waals surface area (Å²) < 4.78 is 0.